The van der Waals surface area contributed by atoms with Crippen molar-refractivity contribution in [3.63, 3.8) is 0 Å². The van der Waals surface area contributed by atoms with Gasteiger partial charge in [0, 0.05) is 39.1 Å². The zero-order chi connectivity index (χ0) is 20.2. The number of hydrogen-bond donors (Lipinski definition) is 3. The van der Waals surface area contributed by atoms with Gasteiger partial charge in [0.1, 0.15) is 0 Å². The van der Waals surface area contributed by atoms with Gasteiger partial charge in [-0.25, -0.2) is 4.98 Å². The number of nitrogens with zero attached hydrogens (tertiary/aromatic N) is 1. The van der Waals surface area contributed by atoms with Crippen LogP contribution >= 0.6 is 15.9 Å². The lowest BCUT2D eigenvalue weighted by atomic mass is 10.0. The summed E-state index contributed by atoms with van der Waals surface area (Å²) in [5, 5.41) is 4.97. The number of nitrogens with two attached hydrogens (primary N) is 1. The smallest absolute Gasteiger partial charge is 0.252 e. The lowest BCUT2D eigenvalue weighted by Gasteiger charge is -2.10. The van der Waals surface area contributed by atoms with Gasteiger partial charge in [-0.1, -0.05) is 40.5 Å². The molecule has 0 saturated heterocycles. The molecule has 0 unspecified atom stereocenters. The standard InChI is InChI=1S/C23H23BrN4O/c24-15-8-9-20-17(12-15)19(14-27-20)22-13-18(16-6-2-3-7-21(16)28-22)23(29)26-11-5-1-4-10-25/h2-3,6-9,12-14,27H,1,4-5,10-11,25H2,(H,26,29). The summed E-state index contributed by atoms with van der Waals surface area (Å²) in [4.78, 5) is 21.1. The van der Waals surface area contributed by atoms with Crippen molar-refractivity contribution < 1.29 is 4.79 Å². The van der Waals surface area contributed by atoms with E-state index in [9.17, 15) is 4.79 Å². The van der Waals surface area contributed by atoms with Gasteiger partial charge in [-0.2, -0.15) is 0 Å². The molecule has 0 fully saturated rings. The number of aromatic amines is 1. The van der Waals surface area contributed by atoms with Crippen LogP contribution in [0, 0.1) is 0 Å². The highest BCUT2D eigenvalue weighted by atomic mass is 79.9. The topological polar surface area (TPSA) is 83.8 Å². The van der Waals surface area contributed by atoms with Crippen LogP contribution in [0.5, 0.6) is 0 Å². The van der Waals surface area contributed by atoms with Gasteiger partial charge in [0.05, 0.1) is 16.8 Å². The molecule has 148 valence electrons. The van der Waals surface area contributed by atoms with E-state index in [1.165, 1.54) is 0 Å². The highest BCUT2D eigenvalue weighted by molar-refractivity contribution is 9.10. The van der Waals surface area contributed by atoms with Crippen molar-refractivity contribution in [1.82, 2.24) is 15.3 Å². The Morgan fingerprint density at radius 3 is 2.79 bits per heavy atom. The third-order valence-electron chi connectivity index (χ3n) is 5.05. The molecule has 1 amide bonds. The van der Waals surface area contributed by atoms with Crippen molar-refractivity contribution in [2.45, 2.75) is 19.3 Å². The summed E-state index contributed by atoms with van der Waals surface area (Å²) in [5.41, 5.74) is 9.78. The van der Waals surface area contributed by atoms with Crippen LogP contribution in [0.15, 0.2) is 59.2 Å². The Balaban J connectivity index is 1.72. The normalized spacial score (nSPS) is 11.2. The van der Waals surface area contributed by atoms with Gasteiger partial charge in [-0.05, 0) is 49.7 Å². The summed E-state index contributed by atoms with van der Waals surface area (Å²) in [6, 6.07) is 15.8. The second-order valence-corrected chi connectivity index (χ2v) is 7.99. The van der Waals surface area contributed by atoms with E-state index in [0.29, 0.717) is 18.7 Å². The van der Waals surface area contributed by atoms with Crippen LogP contribution in [-0.4, -0.2) is 29.0 Å². The first-order valence-corrected chi connectivity index (χ1v) is 10.6. The highest BCUT2D eigenvalue weighted by Crippen LogP contribution is 2.32. The number of fused-ring (bicyclic) bond motifs is 2. The number of unbranched alkanes of at least 4 members (excludes halogenated alkanes) is 2. The average molecular weight is 451 g/mol. The predicted molar refractivity (Wildman–Crippen MR) is 122 cm³/mol. The van der Waals surface area contributed by atoms with Crippen LogP contribution in [0.1, 0.15) is 29.6 Å². The summed E-state index contributed by atoms with van der Waals surface area (Å²) in [6.45, 7) is 1.33. The number of amides is 1. The van der Waals surface area contributed by atoms with Crippen molar-refractivity contribution in [2.75, 3.05) is 13.1 Å². The third-order valence-corrected chi connectivity index (χ3v) is 5.54. The average Bonchev–Trinajstić information content (AvgIpc) is 3.15. The maximum atomic E-state index is 13.0. The molecule has 2 heterocycles. The Bertz CT molecular complexity index is 1170. The van der Waals surface area contributed by atoms with Crippen LogP contribution in [0.2, 0.25) is 0 Å². The monoisotopic (exact) mass is 450 g/mol. The molecule has 0 atom stereocenters. The zero-order valence-electron chi connectivity index (χ0n) is 16.0. The van der Waals surface area contributed by atoms with Gasteiger partial charge in [0.15, 0.2) is 0 Å². The Hall–Kier alpha value is -2.70. The minimum Gasteiger partial charge on any atom is -0.360 e. The molecule has 0 aliphatic carbocycles. The number of carbonyl (C=O) groups excluding carboxylic acids is 1. The van der Waals surface area contributed by atoms with E-state index in [0.717, 1.165) is 56.8 Å². The first kappa shape index (κ1) is 19.6. The molecule has 0 saturated carbocycles. The minimum absolute atomic E-state index is 0.0707. The second kappa shape index (κ2) is 8.76. The van der Waals surface area contributed by atoms with Crippen molar-refractivity contribution in [2.24, 2.45) is 5.73 Å². The van der Waals surface area contributed by atoms with Crippen molar-refractivity contribution in [3.05, 3.63) is 64.8 Å². The number of para-hydroxylation sites is 1. The van der Waals surface area contributed by atoms with Crippen LogP contribution in [-0.2, 0) is 0 Å². The summed E-state index contributed by atoms with van der Waals surface area (Å²) in [7, 11) is 0. The SMILES string of the molecule is NCCCCCNC(=O)c1cc(-c2c[nH]c3ccc(Br)cc23)nc2ccccc12. The number of rotatable bonds is 7. The molecule has 29 heavy (non-hydrogen) atoms. The largest absolute Gasteiger partial charge is 0.360 e. The molecule has 0 aliphatic heterocycles. The first-order valence-electron chi connectivity index (χ1n) is 9.82. The minimum atomic E-state index is -0.0707. The molecule has 4 rings (SSSR count). The van der Waals surface area contributed by atoms with Crippen molar-refractivity contribution in [1.29, 1.82) is 0 Å². The van der Waals surface area contributed by atoms with Gasteiger partial charge in [-0.15, -0.1) is 0 Å². The van der Waals surface area contributed by atoms with Crippen molar-refractivity contribution in [3.8, 4) is 11.3 Å². The molecule has 0 bridgehead atoms. The summed E-state index contributed by atoms with van der Waals surface area (Å²) < 4.78 is 1.00. The number of pyridine rings is 1. The van der Waals surface area contributed by atoms with E-state index in [-0.39, 0.29) is 5.91 Å². The Labute approximate surface area is 177 Å². The number of aromatic nitrogens is 2. The fraction of sp³-hybridized carbons (Fsp3) is 0.217. The van der Waals surface area contributed by atoms with E-state index in [2.05, 4.69) is 32.3 Å². The maximum absolute atomic E-state index is 13.0. The number of halogens is 1. The Morgan fingerprint density at radius 1 is 1.07 bits per heavy atom. The zero-order valence-corrected chi connectivity index (χ0v) is 17.6. The number of nitrogens with one attached hydrogen (secondary N) is 2. The van der Waals surface area contributed by atoms with E-state index in [4.69, 9.17) is 10.7 Å². The summed E-state index contributed by atoms with van der Waals surface area (Å²) in [5.74, 6) is -0.0707. The highest BCUT2D eigenvalue weighted by Gasteiger charge is 2.15. The molecule has 2 aromatic carbocycles. The molecule has 6 heteroatoms. The van der Waals surface area contributed by atoms with Gasteiger partial charge in [0.25, 0.3) is 5.91 Å². The van der Waals surface area contributed by atoms with Crippen LogP contribution in [0.25, 0.3) is 33.1 Å². The van der Waals surface area contributed by atoms with Crippen LogP contribution in [0.3, 0.4) is 0 Å². The summed E-state index contributed by atoms with van der Waals surface area (Å²) in [6.07, 6.45) is 4.87. The molecule has 0 aliphatic rings. The lowest BCUT2D eigenvalue weighted by molar-refractivity contribution is 0.0954. The quantitative estimate of drug-likeness (QED) is 0.346. The van der Waals surface area contributed by atoms with Gasteiger partial charge >= 0.3 is 0 Å². The molecular formula is C23H23BrN4O. The third kappa shape index (κ3) is 4.18. The van der Waals surface area contributed by atoms with E-state index < -0.39 is 0 Å². The fourth-order valence-corrected chi connectivity index (χ4v) is 3.91. The molecule has 0 radical (unpaired) electrons. The van der Waals surface area contributed by atoms with Crippen LogP contribution in [0.4, 0.5) is 0 Å². The van der Waals surface area contributed by atoms with E-state index >= 15 is 0 Å². The van der Waals surface area contributed by atoms with Crippen molar-refractivity contribution >= 4 is 43.6 Å². The Morgan fingerprint density at radius 2 is 1.93 bits per heavy atom. The maximum Gasteiger partial charge on any atom is 0.252 e. The van der Waals surface area contributed by atoms with Gasteiger partial charge < -0.3 is 16.0 Å². The first-order chi connectivity index (χ1) is 14.2. The van der Waals surface area contributed by atoms with E-state index in [1.54, 1.807) is 0 Å². The number of carbonyl (C=O) groups is 1. The molecular weight excluding hydrogens is 428 g/mol. The molecule has 4 aromatic rings. The lowest BCUT2D eigenvalue weighted by Crippen LogP contribution is -2.25. The Kier molecular flexibility index (Phi) is 5.92. The summed E-state index contributed by atoms with van der Waals surface area (Å²) >= 11 is 3.54. The number of hydrogen-bond acceptors (Lipinski definition) is 3. The number of benzene rings is 2. The van der Waals surface area contributed by atoms with Gasteiger partial charge in [0.2, 0.25) is 0 Å². The van der Waals surface area contributed by atoms with E-state index in [1.807, 2.05) is 48.7 Å². The molecule has 0 spiro atoms. The molecule has 2 aromatic heterocycles. The van der Waals surface area contributed by atoms with Crippen LogP contribution < -0.4 is 11.1 Å². The molecule has 5 nitrogen and oxygen atoms in total. The second-order valence-electron chi connectivity index (χ2n) is 7.07. The predicted octanol–water partition coefficient (Wildman–Crippen LogP) is 5.00. The molecule has 4 N–H and O–H groups in total. The fourth-order valence-electron chi connectivity index (χ4n) is 3.55. The van der Waals surface area contributed by atoms with Gasteiger partial charge in [-0.3, -0.25) is 4.79 Å². The number of H-pyrrole nitrogens is 1.